The maximum absolute atomic E-state index is 6.98. The highest BCUT2D eigenvalue weighted by Crippen LogP contribution is 2.51. The minimum Gasteiger partial charge on any atom is -0.456 e. The molecule has 2 aromatic heterocycles. The van der Waals surface area contributed by atoms with Crippen molar-refractivity contribution >= 4 is 60.9 Å². The van der Waals surface area contributed by atoms with Crippen molar-refractivity contribution in [2.75, 3.05) is 4.90 Å². The van der Waals surface area contributed by atoms with Gasteiger partial charge < -0.3 is 13.7 Å². The van der Waals surface area contributed by atoms with Gasteiger partial charge in [-0.25, -0.2) is 0 Å². The van der Waals surface area contributed by atoms with E-state index >= 15 is 0 Å². The van der Waals surface area contributed by atoms with E-state index in [9.17, 15) is 0 Å². The highest BCUT2D eigenvalue weighted by molar-refractivity contribution is 6.29. The number of hydrogen-bond acceptors (Lipinski definition) is 3. The van der Waals surface area contributed by atoms with Crippen LogP contribution >= 0.6 is 0 Å². The third-order valence-corrected chi connectivity index (χ3v) is 11.5. The fourth-order valence-corrected chi connectivity index (χ4v) is 8.91. The summed E-state index contributed by atoms with van der Waals surface area (Å²) in [5, 5.41) is 4.37. The molecule has 11 rings (SSSR count). The second-order valence-corrected chi connectivity index (χ2v) is 14.9. The summed E-state index contributed by atoms with van der Waals surface area (Å²) in [7, 11) is 0. The first-order valence-electron chi connectivity index (χ1n) is 18.6. The van der Waals surface area contributed by atoms with Crippen molar-refractivity contribution in [1.29, 1.82) is 0 Å². The van der Waals surface area contributed by atoms with Crippen molar-refractivity contribution in [1.82, 2.24) is 0 Å². The summed E-state index contributed by atoms with van der Waals surface area (Å²) < 4.78 is 13.4. The minimum atomic E-state index is -0.109. The van der Waals surface area contributed by atoms with Gasteiger partial charge in [0.15, 0.2) is 0 Å². The van der Waals surface area contributed by atoms with Crippen LogP contribution in [0.25, 0.3) is 77.3 Å². The molecule has 0 N–H and O–H groups in total. The summed E-state index contributed by atoms with van der Waals surface area (Å²) in [4.78, 5) is 2.29. The van der Waals surface area contributed by atoms with Crippen molar-refractivity contribution < 1.29 is 8.83 Å². The van der Waals surface area contributed by atoms with Crippen molar-refractivity contribution in [3.8, 4) is 33.4 Å². The number of rotatable bonds is 5. The molecule has 3 heteroatoms. The molecule has 0 bridgehead atoms. The van der Waals surface area contributed by atoms with Crippen LogP contribution in [0.15, 0.2) is 185 Å². The lowest BCUT2D eigenvalue weighted by Crippen LogP contribution is -2.14. The Kier molecular flexibility index (Phi) is 6.60. The van der Waals surface area contributed by atoms with Crippen LogP contribution in [-0.2, 0) is 5.41 Å². The monoisotopic (exact) mass is 693 g/mol. The normalized spacial score (nSPS) is 13.1. The predicted octanol–water partition coefficient (Wildman–Crippen LogP) is 14.6. The van der Waals surface area contributed by atoms with Gasteiger partial charge in [0.1, 0.15) is 22.3 Å². The molecule has 0 saturated heterocycles. The molecule has 0 atom stereocenters. The second kappa shape index (κ2) is 11.6. The van der Waals surface area contributed by atoms with Crippen LogP contribution in [-0.4, -0.2) is 0 Å². The lowest BCUT2D eigenvalue weighted by molar-refractivity contribution is 0.660. The zero-order valence-electron chi connectivity index (χ0n) is 30.0. The van der Waals surface area contributed by atoms with E-state index in [0.717, 1.165) is 77.6 Å². The van der Waals surface area contributed by atoms with E-state index in [1.807, 2.05) is 18.2 Å². The fourth-order valence-electron chi connectivity index (χ4n) is 8.91. The highest BCUT2D eigenvalue weighted by Gasteiger charge is 2.35. The smallest absolute Gasteiger partial charge is 0.143 e. The molecule has 0 spiro atoms. The first kappa shape index (κ1) is 30.8. The largest absolute Gasteiger partial charge is 0.456 e. The van der Waals surface area contributed by atoms with E-state index in [1.165, 1.54) is 27.8 Å². The number of benzene rings is 8. The van der Waals surface area contributed by atoms with Gasteiger partial charge in [-0.3, -0.25) is 0 Å². The molecule has 8 aromatic carbocycles. The summed E-state index contributed by atoms with van der Waals surface area (Å²) in [5.74, 6) is 0. The minimum absolute atomic E-state index is 0.109. The molecule has 3 nitrogen and oxygen atoms in total. The van der Waals surface area contributed by atoms with Crippen LogP contribution in [0.5, 0.6) is 0 Å². The lowest BCUT2D eigenvalue weighted by atomic mass is 9.81. The highest BCUT2D eigenvalue weighted by atomic mass is 16.3. The molecule has 0 amide bonds. The van der Waals surface area contributed by atoms with Crippen LogP contribution in [0.4, 0.5) is 17.1 Å². The molecule has 1 aliphatic carbocycles. The van der Waals surface area contributed by atoms with Crippen molar-refractivity contribution in [3.63, 3.8) is 0 Å². The van der Waals surface area contributed by atoms with Crippen molar-refractivity contribution in [2.45, 2.75) is 19.3 Å². The summed E-state index contributed by atoms with van der Waals surface area (Å²) >= 11 is 0. The molecule has 2 heterocycles. The molecule has 0 radical (unpaired) electrons. The summed E-state index contributed by atoms with van der Waals surface area (Å²) in [5.41, 5.74) is 16.5. The van der Waals surface area contributed by atoms with E-state index < -0.39 is 0 Å². The maximum Gasteiger partial charge on any atom is 0.143 e. The SMILES string of the molecule is CC1(C)c2ccccc2-c2ccc(-c3ccc(-c4ccc(N(c5ccccc5)c5ccccc5)cc4)c4oc5ccc6oc7ccccc7c6c5c34)cc21. The molecule has 0 saturated carbocycles. The van der Waals surface area contributed by atoms with E-state index in [1.54, 1.807) is 0 Å². The zero-order valence-corrected chi connectivity index (χ0v) is 30.0. The van der Waals surface area contributed by atoms with E-state index in [4.69, 9.17) is 8.83 Å². The van der Waals surface area contributed by atoms with Gasteiger partial charge in [-0.1, -0.05) is 123 Å². The van der Waals surface area contributed by atoms with Gasteiger partial charge >= 0.3 is 0 Å². The van der Waals surface area contributed by atoms with E-state index in [0.29, 0.717) is 0 Å². The van der Waals surface area contributed by atoms with E-state index in [2.05, 4.69) is 176 Å². The van der Waals surface area contributed by atoms with E-state index in [-0.39, 0.29) is 5.41 Å². The predicted molar refractivity (Wildman–Crippen MR) is 224 cm³/mol. The fraction of sp³-hybridized carbons (Fsp3) is 0.0588. The number of para-hydroxylation sites is 3. The lowest BCUT2D eigenvalue weighted by Gasteiger charge is -2.25. The molecule has 1 aliphatic rings. The third kappa shape index (κ3) is 4.48. The first-order chi connectivity index (χ1) is 26.5. The van der Waals surface area contributed by atoms with Crippen LogP contribution in [0.1, 0.15) is 25.0 Å². The Hall–Kier alpha value is -6.84. The average molecular weight is 694 g/mol. The summed E-state index contributed by atoms with van der Waals surface area (Å²) in [6.07, 6.45) is 0. The van der Waals surface area contributed by atoms with Crippen molar-refractivity contribution in [3.05, 3.63) is 187 Å². The van der Waals surface area contributed by atoms with Gasteiger partial charge in [0, 0.05) is 49.6 Å². The second-order valence-electron chi connectivity index (χ2n) is 14.9. The Morgan fingerprint density at radius 3 is 1.72 bits per heavy atom. The maximum atomic E-state index is 6.98. The van der Waals surface area contributed by atoms with Gasteiger partial charge in [0.2, 0.25) is 0 Å². The molecule has 54 heavy (non-hydrogen) atoms. The Labute approximate surface area is 313 Å². The Morgan fingerprint density at radius 1 is 0.389 bits per heavy atom. The summed E-state index contributed by atoms with van der Waals surface area (Å²) in [6, 6.07) is 62.7. The van der Waals surface area contributed by atoms with Gasteiger partial charge in [-0.05, 0) is 106 Å². The van der Waals surface area contributed by atoms with Crippen LogP contribution < -0.4 is 4.90 Å². The molecule has 0 unspecified atom stereocenters. The molecule has 10 aromatic rings. The number of fused-ring (bicyclic) bond motifs is 10. The molecular formula is C51H35NO2. The third-order valence-electron chi connectivity index (χ3n) is 11.5. The first-order valence-corrected chi connectivity index (χ1v) is 18.6. The quantitative estimate of drug-likeness (QED) is 0.180. The van der Waals surface area contributed by atoms with Crippen LogP contribution in [0, 0.1) is 0 Å². The standard InChI is InChI=1S/C51H35NO2/c1-51(2)42-19-11-9-17-39(42)40-26-23-33(31-43(40)51)37-27-28-38(50-48(37)49-46(54-50)30-29-45-47(49)41-18-10-12-20-44(41)53-45)32-21-24-36(25-22-32)52(34-13-5-3-6-14-34)35-15-7-4-8-16-35/h3-31H,1-2H3. The number of hydrogen-bond donors (Lipinski definition) is 0. The van der Waals surface area contributed by atoms with Crippen LogP contribution in [0.3, 0.4) is 0 Å². The van der Waals surface area contributed by atoms with Gasteiger partial charge in [-0.2, -0.15) is 0 Å². The van der Waals surface area contributed by atoms with Gasteiger partial charge in [-0.15, -0.1) is 0 Å². The molecule has 0 aliphatic heterocycles. The topological polar surface area (TPSA) is 29.5 Å². The zero-order chi connectivity index (χ0) is 36.0. The van der Waals surface area contributed by atoms with Crippen LogP contribution in [0.2, 0.25) is 0 Å². The molecule has 256 valence electrons. The Bertz CT molecular complexity index is 3020. The average Bonchev–Trinajstić information content (AvgIpc) is 3.87. The molecular weight excluding hydrogens is 659 g/mol. The van der Waals surface area contributed by atoms with Crippen molar-refractivity contribution in [2.24, 2.45) is 0 Å². The Morgan fingerprint density at radius 2 is 0.963 bits per heavy atom. The van der Waals surface area contributed by atoms with Gasteiger partial charge in [0.25, 0.3) is 0 Å². The number of anilines is 3. The summed E-state index contributed by atoms with van der Waals surface area (Å²) in [6.45, 7) is 4.68. The number of furan rings is 2. The number of nitrogens with zero attached hydrogens (tertiary/aromatic N) is 1. The Balaban J connectivity index is 1.14. The van der Waals surface area contributed by atoms with Gasteiger partial charge in [0.05, 0.1) is 0 Å². The molecule has 0 fully saturated rings.